The largest absolute Gasteiger partial charge is 0.399 e. The highest BCUT2D eigenvalue weighted by Crippen LogP contribution is 2.17. The van der Waals surface area contributed by atoms with E-state index in [1.807, 2.05) is 0 Å². The molecule has 0 aromatic carbocycles. The van der Waals surface area contributed by atoms with Gasteiger partial charge in [0.1, 0.15) is 7.11 Å². The second-order valence-corrected chi connectivity index (χ2v) is 4.42. The van der Waals surface area contributed by atoms with Gasteiger partial charge in [0, 0.05) is 25.6 Å². The Morgan fingerprint density at radius 1 is 1.71 bits per heavy atom. The average molecular weight is 267 g/mol. The van der Waals surface area contributed by atoms with E-state index in [9.17, 15) is 4.21 Å². The summed E-state index contributed by atoms with van der Waals surface area (Å²) in [5.41, 5.74) is 2.48. The second kappa shape index (κ2) is 7.69. The van der Waals surface area contributed by atoms with Crippen LogP contribution in [-0.2, 0) is 25.0 Å². The van der Waals surface area contributed by atoms with Gasteiger partial charge in [0.05, 0.1) is 18.4 Å². The van der Waals surface area contributed by atoms with E-state index in [1.54, 1.807) is 10.7 Å². The van der Waals surface area contributed by atoms with Crippen molar-refractivity contribution in [1.82, 2.24) is 10.7 Å². The topological polar surface area (TPSA) is 92.6 Å². The lowest BCUT2D eigenvalue weighted by molar-refractivity contribution is -0.170. The van der Waals surface area contributed by atoms with E-state index in [1.165, 1.54) is 13.4 Å². The molecule has 0 bridgehead atoms. The lowest BCUT2D eigenvalue weighted by Crippen LogP contribution is -2.46. The first-order valence-corrected chi connectivity index (χ1v) is 6.54. The van der Waals surface area contributed by atoms with Crippen LogP contribution in [0, 0.1) is 0 Å². The maximum Gasteiger partial charge on any atom is 0.170 e. The quantitative estimate of drug-likeness (QED) is 0.632. The van der Waals surface area contributed by atoms with Gasteiger partial charge in [-0.2, -0.15) is 9.35 Å². The number of nitrogens with one attached hydrogen (secondary N) is 1. The number of oxime groups is 1. The zero-order valence-electron chi connectivity index (χ0n) is 9.79. The van der Waals surface area contributed by atoms with Crippen LogP contribution in [0.3, 0.4) is 0 Å². The van der Waals surface area contributed by atoms with Crippen LogP contribution < -0.4 is 5.64 Å². The average Bonchev–Trinajstić information content (AvgIpc) is 2.29. The maximum atomic E-state index is 11.0. The molecule has 0 spiro atoms. The molecule has 8 nitrogen and oxygen atoms in total. The number of nitrogens with zero attached hydrogens (tertiary/aromatic N) is 2. The Kier molecular flexibility index (Phi) is 6.55. The van der Waals surface area contributed by atoms with Crippen molar-refractivity contribution in [1.29, 1.82) is 0 Å². The summed E-state index contributed by atoms with van der Waals surface area (Å²) in [6.07, 6.45) is 2.68. The van der Waals surface area contributed by atoms with Gasteiger partial charge in [-0.3, -0.25) is 10.0 Å². The molecule has 0 aromatic rings. The molecule has 0 aliphatic carbocycles. The summed E-state index contributed by atoms with van der Waals surface area (Å²) in [6, 6.07) is -0.179. The number of piperidine rings is 1. The van der Waals surface area contributed by atoms with E-state index in [-0.39, 0.29) is 12.6 Å². The van der Waals surface area contributed by atoms with E-state index in [0.29, 0.717) is 19.4 Å². The lowest BCUT2D eigenvalue weighted by Gasteiger charge is -2.32. The second-order valence-electron chi connectivity index (χ2n) is 3.47. The molecular formula is C8H17N3O5S. The zero-order valence-corrected chi connectivity index (χ0v) is 10.6. The van der Waals surface area contributed by atoms with E-state index < -0.39 is 11.1 Å². The predicted octanol–water partition coefficient (Wildman–Crippen LogP) is -0.411. The molecule has 1 rings (SSSR count). The zero-order chi connectivity index (χ0) is 12.7. The van der Waals surface area contributed by atoms with Gasteiger partial charge < -0.3 is 4.84 Å². The van der Waals surface area contributed by atoms with Gasteiger partial charge >= 0.3 is 0 Å². The molecule has 2 unspecified atom stereocenters. The van der Waals surface area contributed by atoms with Gasteiger partial charge in [-0.15, -0.1) is 0 Å². The molecule has 2 N–H and O–H groups in total. The molecule has 0 saturated carbocycles. The van der Waals surface area contributed by atoms with Gasteiger partial charge in [-0.05, 0) is 0 Å². The summed E-state index contributed by atoms with van der Waals surface area (Å²) in [4.78, 5) is 9.41. The summed E-state index contributed by atoms with van der Waals surface area (Å²) in [5.74, 6) is 0. The molecule has 100 valence electrons. The van der Waals surface area contributed by atoms with Crippen molar-refractivity contribution < 1.29 is 23.4 Å². The number of hydrogen-bond acceptors (Lipinski definition) is 8. The monoisotopic (exact) mass is 267 g/mol. The number of hydrogen-bond donors (Lipinski definition) is 2. The highest BCUT2D eigenvalue weighted by Gasteiger charge is 2.28. The maximum absolute atomic E-state index is 11.0. The van der Waals surface area contributed by atoms with Crippen LogP contribution in [0.2, 0.25) is 0 Å². The minimum atomic E-state index is -1.39. The first kappa shape index (κ1) is 14.5. The summed E-state index contributed by atoms with van der Waals surface area (Å²) >= 11 is -1.39. The predicted molar refractivity (Wildman–Crippen MR) is 60.2 cm³/mol. The first-order valence-electron chi connectivity index (χ1n) is 5.05. The fourth-order valence-corrected chi connectivity index (χ4v) is 2.08. The fraction of sp³-hybridized carbons (Fsp3) is 0.875. The molecule has 1 aliphatic heterocycles. The van der Waals surface area contributed by atoms with Crippen molar-refractivity contribution in [3.8, 4) is 0 Å². The highest BCUT2D eigenvalue weighted by molar-refractivity contribution is 7.79. The molecule has 17 heavy (non-hydrogen) atoms. The lowest BCUT2D eigenvalue weighted by atomic mass is 10.0. The normalized spacial score (nSPS) is 26.1. The summed E-state index contributed by atoms with van der Waals surface area (Å²) in [7, 11) is 1.48. The van der Waals surface area contributed by atoms with Crippen molar-refractivity contribution in [2.24, 2.45) is 5.16 Å². The van der Waals surface area contributed by atoms with Gasteiger partial charge in [-0.25, -0.2) is 4.21 Å². The summed E-state index contributed by atoms with van der Waals surface area (Å²) in [5, 5.41) is 13.8. The van der Waals surface area contributed by atoms with E-state index >= 15 is 0 Å². The Hall–Kier alpha value is -0.580. The SMILES string of the molecule is CO/N=C1\CCN(OS(C)=O)C(CONO)C1. The first-order chi connectivity index (χ1) is 8.17. The molecule has 1 heterocycles. The van der Waals surface area contributed by atoms with Gasteiger partial charge in [0.15, 0.2) is 11.1 Å². The van der Waals surface area contributed by atoms with Crippen LogP contribution in [0.5, 0.6) is 0 Å². The summed E-state index contributed by atoms with van der Waals surface area (Å²) < 4.78 is 16.2. The minimum Gasteiger partial charge on any atom is -0.399 e. The Labute approximate surface area is 102 Å². The van der Waals surface area contributed by atoms with Gasteiger partial charge in [0.2, 0.25) is 0 Å². The Morgan fingerprint density at radius 3 is 3.06 bits per heavy atom. The van der Waals surface area contributed by atoms with Crippen molar-refractivity contribution in [3.05, 3.63) is 0 Å². The smallest absolute Gasteiger partial charge is 0.170 e. The number of rotatable bonds is 6. The van der Waals surface area contributed by atoms with Crippen LogP contribution >= 0.6 is 0 Å². The Morgan fingerprint density at radius 2 is 2.47 bits per heavy atom. The van der Waals surface area contributed by atoms with Crippen LogP contribution in [-0.4, -0.2) is 52.8 Å². The third-order valence-electron chi connectivity index (χ3n) is 2.26. The third-order valence-corrected chi connectivity index (χ3v) is 2.66. The third kappa shape index (κ3) is 5.06. The fourth-order valence-electron chi connectivity index (χ4n) is 1.62. The number of hydroxylamine groups is 2. The molecule has 1 saturated heterocycles. The molecule has 2 atom stereocenters. The van der Waals surface area contributed by atoms with E-state index in [4.69, 9.17) is 19.2 Å². The van der Waals surface area contributed by atoms with E-state index in [2.05, 4.69) is 5.16 Å². The molecule has 0 amide bonds. The van der Waals surface area contributed by atoms with Crippen molar-refractivity contribution >= 4 is 16.8 Å². The van der Waals surface area contributed by atoms with Crippen LogP contribution in [0.1, 0.15) is 12.8 Å². The Balaban J connectivity index is 2.58. The molecule has 1 fully saturated rings. The molecule has 9 heteroatoms. The van der Waals surface area contributed by atoms with Crippen LogP contribution in [0.25, 0.3) is 0 Å². The van der Waals surface area contributed by atoms with Crippen LogP contribution in [0.4, 0.5) is 0 Å². The molecule has 0 radical (unpaired) electrons. The van der Waals surface area contributed by atoms with Crippen molar-refractivity contribution in [2.75, 3.05) is 26.5 Å². The van der Waals surface area contributed by atoms with Crippen molar-refractivity contribution in [2.45, 2.75) is 18.9 Å². The molecular weight excluding hydrogens is 250 g/mol. The van der Waals surface area contributed by atoms with Gasteiger partial charge in [0.25, 0.3) is 0 Å². The highest BCUT2D eigenvalue weighted by atomic mass is 32.2. The van der Waals surface area contributed by atoms with E-state index in [0.717, 1.165) is 5.71 Å². The molecule has 1 aliphatic rings. The Bertz CT molecular complexity index is 288. The molecule has 0 aromatic heterocycles. The van der Waals surface area contributed by atoms with Gasteiger partial charge in [-0.1, -0.05) is 10.8 Å². The van der Waals surface area contributed by atoms with Crippen LogP contribution in [0.15, 0.2) is 5.16 Å². The summed E-state index contributed by atoms with van der Waals surface area (Å²) in [6.45, 7) is 0.720. The standard InChI is InChI=1S/C8H17N3O5S/c1-14-9-7-3-4-11(16-17(2)13)8(5-7)6-15-10-12/h8,10,12H,3-6H2,1-2H3/b9-7+. The minimum absolute atomic E-state index is 0.177. The van der Waals surface area contributed by atoms with Crippen molar-refractivity contribution in [3.63, 3.8) is 0 Å².